The minimum absolute atomic E-state index is 0.00597. The van der Waals surface area contributed by atoms with E-state index in [9.17, 15) is 14.0 Å². The van der Waals surface area contributed by atoms with Crippen molar-refractivity contribution in [3.05, 3.63) is 65.7 Å². The first-order valence-electron chi connectivity index (χ1n) is 8.47. The average molecular weight is 355 g/mol. The third-order valence-corrected chi connectivity index (χ3v) is 4.82. The first-order valence-corrected chi connectivity index (χ1v) is 8.47. The van der Waals surface area contributed by atoms with E-state index in [4.69, 9.17) is 4.74 Å². The predicted molar refractivity (Wildman–Crippen MR) is 90.6 cm³/mol. The molecule has 0 radical (unpaired) electrons. The molecule has 0 bridgehead atoms. The maximum absolute atomic E-state index is 13.1. The molecule has 3 heterocycles. The lowest BCUT2D eigenvalue weighted by Crippen LogP contribution is -2.53. The number of likely N-dealkylation sites (tertiary alicyclic amines) is 1. The minimum Gasteiger partial charge on any atom is -0.364 e. The molecule has 1 aromatic heterocycles. The minimum atomic E-state index is -0.312. The summed E-state index contributed by atoms with van der Waals surface area (Å²) >= 11 is 0. The molecule has 0 N–H and O–H groups in total. The second kappa shape index (κ2) is 6.84. The number of ether oxygens (including phenoxy) is 1. The quantitative estimate of drug-likeness (QED) is 0.837. The van der Waals surface area contributed by atoms with E-state index in [0.717, 1.165) is 5.56 Å². The van der Waals surface area contributed by atoms with Crippen LogP contribution in [0.1, 0.15) is 16.1 Å². The zero-order valence-electron chi connectivity index (χ0n) is 14.0. The van der Waals surface area contributed by atoms with Gasteiger partial charge in [-0.15, -0.1) is 0 Å². The summed E-state index contributed by atoms with van der Waals surface area (Å²) in [5.74, 6) is -0.603. The van der Waals surface area contributed by atoms with Crippen molar-refractivity contribution in [2.24, 2.45) is 0 Å². The Hall–Kier alpha value is -2.80. The monoisotopic (exact) mass is 355 g/mol. The lowest BCUT2D eigenvalue weighted by Gasteiger charge is -2.36. The van der Waals surface area contributed by atoms with Crippen LogP contribution >= 0.6 is 0 Å². The fourth-order valence-corrected chi connectivity index (χ4v) is 3.48. The van der Waals surface area contributed by atoms with Gasteiger partial charge in [-0.1, -0.05) is 18.2 Å². The SMILES string of the molecule is O=C(c1ccccn1)N1CC2OCC(=O)N(Cc3ccc(F)cc3)C2C1. The average Bonchev–Trinajstić information content (AvgIpc) is 3.10. The highest BCUT2D eigenvalue weighted by atomic mass is 19.1. The van der Waals surface area contributed by atoms with E-state index < -0.39 is 0 Å². The summed E-state index contributed by atoms with van der Waals surface area (Å²) in [4.78, 5) is 32.5. The summed E-state index contributed by atoms with van der Waals surface area (Å²) in [5.41, 5.74) is 1.22. The molecule has 6 nitrogen and oxygen atoms in total. The van der Waals surface area contributed by atoms with Crippen molar-refractivity contribution in [3.8, 4) is 0 Å². The topological polar surface area (TPSA) is 62.7 Å². The van der Waals surface area contributed by atoms with Crippen LogP contribution in [-0.4, -0.2) is 58.4 Å². The lowest BCUT2D eigenvalue weighted by molar-refractivity contribution is -0.153. The first-order chi connectivity index (χ1) is 12.6. The van der Waals surface area contributed by atoms with E-state index in [1.54, 1.807) is 46.3 Å². The van der Waals surface area contributed by atoms with E-state index in [-0.39, 0.29) is 36.4 Å². The van der Waals surface area contributed by atoms with Gasteiger partial charge in [0, 0.05) is 25.8 Å². The molecule has 7 heteroatoms. The second-order valence-corrected chi connectivity index (χ2v) is 6.49. The third kappa shape index (κ3) is 3.17. The molecule has 2 unspecified atom stereocenters. The van der Waals surface area contributed by atoms with Gasteiger partial charge >= 0.3 is 0 Å². The molecule has 2 aliphatic rings. The number of fused-ring (bicyclic) bond motifs is 1. The number of morpholine rings is 1. The van der Waals surface area contributed by atoms with Gasteiger partial charge < -0.3 is 14.5 Å². The van der Waals surface area contributed by atoms with Crippen LogP contribution in [0.5, 0.6) is 0 Å². The summed E-state index contributed by atoms with van der Waals surface area (Å²) in [6, 6.07) is 11.1. The van der Waals surface area contributed by atoms with E-state index in [2.05, 4.69) is 4.98 Å². The third-order valence-electron chi connectivity index (χ3n) is 4.82. The lowest BCUT2D eigenvalue weighted by atomic mass is 10.1. The molecule has 2 aromatic rings. The molecule has 26 heavy (non-hydrogen) atoms. The van der Waals surface area contributed by atoms with Gasteiger partial charge in [0.1, 0.15) is 18.1 Å². The zero-order valence-corrected chi connectivity index (χ0v) is 14.0. The van der Waals surface area contributed by atoms with E-state index in [0.29, 0.717) is 25.3 Å². The number of nitrogens with zero attached hydrogens (tertiary/aromatic N) is 3. The Morgan fingerprint density at radius 1 is 1.19 bits per heavy atom. The van der Waals surface area contributed by atoms with Crippen LogP contribution in [0.2, 0.25) is 0 Å². The van der Waals surface area contributed by atoms with Gasteiger partial charge in [0.15, 0.2) is 0 Å². The maximum atomic E-state index is 13.1. The molecule has 2 amide bonds. The van der Waals surface area contributed by atoms with Crippen LogP contribution < -0.4 is 0 Å². The molecule has 0 aliphatic carbocycles. The fraction of sp³-hybridized carbons (Fsp3) is 0.316. The summed E-state index contributed by atoms with van der Waals surface area (Å²) in [5, 5.41) is 0. The van der Waals surface area contributed by atoms with Crippen molar-refractivity contribution in [3.63, 3.8) is 0 Å². The standard InChI is InChI=1S/C19H18FN3O3/c20-14-6-4-13(5-7-14)9-23-16-10-22(11-17(16)26-12-18(23)24)19(25)15-3-1-2-8-21-15/h1-8,16-17H,9-12H2. The maximum Gasteiger partial charge on any atom is 0.272 e. The van der Waals surface area contributed by atoms with Crippen molar-refractivity contribution in [2.75, 3.05) is 19.7 Å². The van der Waals surface area contributed by atoms with Gasteiger partial charge in [-0.25, -0.2) is 4.39 Å². The zero-order chi connectivity index (χ0) is 18.1. The summed E-state index contributed by atoms with van der Waals surface area (Å²) < 4.78 is 18.8. The number of rotatable bonds is 3. The van der Waals surface area contributed by atoms with Crippen LogP contribution in [0.3, 0.4) is 0 Å². The number of amides is 2. The molecule has 134 valence electrons. The first kappa shape index (κ1) is 16.7. The van der Waals surface area contributed by atoms with Crippen LogP contribution in [0, 0.1) is 5.82 Å². The molecular weight excluding hydrogens is 337 g/mol. The highest BCUT2D eigenvalue weighted by molar-refractivity contribution is 5.92. The van der Waals surface area contributed by atoms with Gasteiger partial charge in [-0.2, -0.15) is 0 Å². The van der Waals surface area contributed by atoms with Crippen molar-refractivity contribution >= 4 is 11.8 Å². The van der Waals surface area contributed by atoms with Gasteiger partial charge in [0.05, 0.1) is 12.1 Å². The molecule has 2 fully saturated rings. The predicted octanol–water partition coefficient (Wildman–Crippen LogP) is 1.47. The van der Waals surface area contributed by atoms with E-state index in [1.807, 2.05) is 0 Å². The van der Waals surface area contributed by atoms with Crippen molar-refractivity contribution in [2.45, 2.75) is 18.7 Å². The van der Waals surface area contributed by atoms with Gasteiger partial charge in [0.2, 0.25) is 5.91 Å². The Balaban J connectivity index is 1.51. The highest BCUT2D eigenvalue weighted by Crippen LogP contribution is 2.26. The van der Waals surface area contributed by atoms with E-state index >= 15 is 0 Å². The fourth-order valence-electron chi connectivity index (χ4n) is 3.48. The van der Waals surface area contributed by atoms with Crippen LogP contribution in [0.4, 0.5) is 4.39 Å². The molecule has 4 rings (SSSR count). The largest absolute Gasteiger partial charge is 0.364 e. The number of halogens is 1. The van der Waals surface area contributed by atoms with Gasteiger partial charge in [-0.05, 0) is 29.8 Å². The molecule has 0 spiro atoms. The van der Waals surface area contributed by atoms with Crippen molar-refractivity contribution in [1.29, 1.82) is 0 Å². The van der Waals surface area contributed by atoms with Crippen LogP contribution in [0.25, 0.3) is 0 Å². The van der Waals surface area contributed by atoms with Crippen molar-refractivity contribution < 1.29 is 18.7 Å². The molecule has 0 saturated carbocycles. The summed E-state index contributed by atoms with van der Waals surface area (Å²) in [6.07, 6.45) is 1.36. The Kier molecular flexibility index (Phi) is 4.38. The number of benzene rings is 1. The highest BCUT2D eigenvalue weighted by Gasteiger charge is 2.44. The molecule has 1 aromatic carbocycles. The normalized spacial score (nSPS) is 22.4. The second-order valence-electron chi connectivity index (χ2n) is 6.49. The Bertz CT molecular complexity index is 813. The number of carbonyl (C=O) groups is 2. The molecular formula is C19H18FN3O3. The number of pyridine rings is 1. The van der Waals surface area contributed by atoms with Crippen molar-refractivity contribution in [1.82, 2.24) is 14.8 Å². The number of hydrogen-bond acceptors (Lipinski definition) is 4. The molecule has 2 atom stereocenters. The summed E-state index contributed by atoms with van der Waals surface area (Å²) in [6.45, 7) is 1.18. The Morgan fingerprint density at radius 2 is 2.00 bits per heavy atom. The molecule has 2 saturated heterocycles. The van der Waals surface area contributed by atoms with E-state index in [1.165, 1.54) is 12.1 Å². The Labute approximate surface area is 150 Å². The Morgan fingerprint density at radius 3 is 2.73 bits per heavy atom. The number of hydrogen-bond donors (Lipinski definition) is 0. The number of aromatic nitrogens is 1. The van der Waals surface area contributed by atoms with Gasteiger partial charge in [0.25, 0.3) is 5.91 Å². The number of carbonyl (C=O) groups excluding carboxylic acids is 2. The summed E-state index contributed by atoms with van der Waals surface area (Å²) in [7, 11) is 0. The molecule has 2 aliphatic heterocycles. The van der Waals surface area contributed by atoms with Gasteiger partial charge in [-0.3, -0.25) is 14.6 Å². The smallest absolute Gasteiger partial charge is 0.272 e. The van der Waals surface area contributed by atoms with Crippen LogP contribution in [-0.2, 0) is 16.1 Å². The van der Waals surface area contributed by atoms with Crippen LogP contribution in [0.15, 0.2) is 48.7 Å².